The Kier molecular flexibility index (Phi) is 4.18. The van der Waals surface area contributed by atoms with Gasteiger partial charge in [-0.05, 0) is 38.4 Å². The molecule has 1 aromatic heterocycles. The predicted octanol–water partition coefficient (Wildman–Crippen LogP) is 2.13. The summed E-state index contributed by atoms with van der Waals surface area (Å²) in [7, 11) is 1.95. The predicted molar refractivity (Wildman–Crippen MR) is 71.7 cm³/mol. The summed E-state index contributed by atoms with van der Waals surface area (Å²) in [6.45, 7) is 3.93. The third kappa shape index (κ3) is 2.69. The molecular formula is C13H20N2OS. The standard InChI is InChI=1S/C13H20N2OS/c1-3-11-6-7-12(17-11)13(16)15-8-4-5-10(15)9-14-2/h6-7,10,14H,3-5,8-9H2,1-2H3/t10-/m1/s1. The summed E-state index contributed by atoms with van der Waals surface area (Å²) in [6.07, 6.45) is 3.26. The molecule has 0 radical (unpaired) electrons. The molecule has 0 bridgehead atoms. The molecule has 0 aliphatic carbocycles. The molecule has 0 spiro atoms. The molecule has 1 aliphatic heterocycles. The van der Waals surface area contributed by atoms with Crippen LogP contribution < -0.4 is 5.32 Å². The summed E-state index contributed by atoms with van der Waals surface area (Å²) < 4.78 is 0. The maximum Gasteiger partial charge on any atom is 0.264 e. The number of likely N-dealkylation sites (N-methyl/N-ethyl adjacent to an activating group) is 1. The van der Waals surface area contributed by atoms with Gasteiger partial charge in [0, 0.05) is 24.0 Å². The summed E-state index contributed by atoms with van der Waals surface area (Å²) in [5.41, 5.74) is 0. The molecule has 1 fully saturated rings. The van der Waals surface area contributed by atoms with Gasteiger partial charge < -0.3 is 10.2 Å². The Hall–Kier alpha value is -0.870. The minimum Gasteiger partial charge on any atom is -0.334 e. The molecule has 3 nitrogen and oxygen atoms in total. The molecule has 94 valence electrons. The lowest BCUT2D eigenvalue weighted by atomic mass is 10.2. The highest BCUT2D eigenvalue weighted by Crippen LogP contribution is 2.24. The molecule has 0 aromatic carbocycles. The van der Waals surface area contributed by atoms with Crippen molar-refractivity contribution in [1.82, 2.24) is 10.2 Å². The molecule has 1 amide bonds. The van der Waals surface area contributed by atoms with Crippen LogP contribution in [0.4, 0.5) is 0 Å². The van der Waals surface area contributed by atoms with Gasteiger partial charge in [0.05, 0.1) is 4.88 Å². The van der Waals surface area contributed by atoms with Gasteiger partial charge >= 0.3 is 0 Å². The van der Waals surface area contributed by atoms with Crippen molar-refractivity contribution in [3.8, 4) is 0 Å². The second-order valence-electron chi connectivity index (χ2n) is 4.47. The van der Waals surface area contributed by atoms with Crippen molar-refractivity contribution in [2.24, 2.45) is 0 Å². The van der Waals surface area contributed by atoms with Crippen molar-refractivity contribution in [3.05, 3.63) is 21.9 Å². The molecule has 1 saturated heterocycles. The summed E-state index contributed by atoms with van der Waals surface area (Å²) in [5, 5.41) is 3.17. The maximum absolute atomic E-state index is 12.4. The van der Waals surface area contributed by atoms with Crippen LogP contribution in [0.2, 0.25) is 0 Å². The fourth-order valence-corrected chi connectivity index (χ4v) is 3.28. The van der Waals surface area contributed by atoms with Crippen molar-refractivity contribution < 1.29 is 4.79 Å². The molecule has 1 aromatic rings. The number of aryl methyl sites for hydroxylation is 1. The monoisotopic (exact) mass is 252 g/mol. The lowest BCUT2D eigenvalue weighted by Crippen LogP contribution is -2.40. The number of carbonyl (C=O) groups is 1. The molecule has 1 N–H and O–H groups in total. The van der Waals surface area contributed by atoms with Gasteiger partial charge in [-0.25, -0.2) is 0 Å². The summed E-state index contributed by atoms with van der Waals surface area (Å²) in [5.74, 6) is 0.215. The number of nitrogens with one attached hydrogen (secondary N) is 1. The number of amides is 1. The van der Waals surface area contributed by atoms with Crippen molar-refractivity contribution in [2.75, 3.05) is 20.1 Å². The van der Waals surface area contributed by atoms with Crippen LogP contribution in [0, 0.1) is 0 Å². The fraction of sp³-hybridized carbons (Fsp3) is 0.615. The van der Waals surface area contributed by atoms with E-state index in [2.05, 4.69) is 18.3 Å². The van der Waals surface area contributed by atoms with E-state index in [1.165, 1.54) is 4.88 Å². The number of nitrogens with zero attached hydrogens (tertiary/aromatic N) is 1. The van der Waals surface area contributed by atoms with Crippen LogP contribution >= 0.6 is 11.3 Å². The first kappa shape index (κ1) is 12.6. The third-order valence-electron chi connectivity index (χ3n) is 3.30. The van der Waals surface area contributed by atoms with E-state index in [0.29, 0.717) is 6.04 Å². The first-order valence-electron chi connectivity index (χ1n) is 6.30. The number of rotatable bonds is 4. The summed E-state index contributed by atoms with van der Waals surface area (Å²) >= 11 is 1.64. The highest BCUT2D eigenvalue weighted by Gasteiger charge is 2.29. The van der Waals surface area contributed by atoms with E-state index in [0.717, 1.165) is 37.2 Å². The van der Waals surface area contributed by atoms with Gasteiger partial charge in [-0.2, -0.15) is 0 Å². The first-order chi connectivity index (χ1) is 8.26. The van der Waals surface area contributed by atoms with Crippen molar-refractivity contribution in [3.63, 3.8) is 0 Å². The average Bonchev–Trinajstić information content (AvgIpc) is 2.97. The summed E-state index contributed by atoms with van der Waals surface area (Å²) in [4.78, 5) is 16.6. The topological polar surface area (TPSA) is 32.3 Å². The minimum atomic E-state index is 0.215. The molecule has 1 atom stereocenters. The van der Waals surface area contributed by atoms with Crippen LogP contribution in [0.5, 0.6) is 0 Å². The van der Waals surface area contributed by atoms with Crippen LogP contribution in [0.3, 0.4) is 0 Å². The Morgan fingerprint density at radius 3 is 3.06 bits per heavy atom. The Balaban J connectivity index is 2.08. The smallest absolute Gasteiger partial charge is 0.264 e. The lowest BCUT2D eigenvalue weighted by molar-refractivity contribution is 0.0742. The molecule has 2 rings (SSSR count). The number of likely N-dealkylation sites (tertiary alicyclic amines) is 1. The zero-order chi connectivity index (χ0) is 12.3. The molecule has 4 heteroatoms. The van der Waals surface area contributed by atoms with Gasteiger partial charge in [0.2, 0.25) is 0 Å². The van der Waals surface area contributed by atoms with E-state index in [1.54, 1.807) is 11.3 Å². The third-order valence-corrected chi connectivity index (χ3v) is 4.52. The van der Waals surface area contributed by atoms with Crippen LogP contribution in [-0.2, 0) is 6.42 Å². The minimum absolute atomic E-state index is 0.215. The molecule has 17 heavy (non-hydrogen) atoms. The number of hydrogen-bond donors (Lipinski definition) is 1. The number of thiophene rings is 1. The lowest BCUT2D eigenvalue weighted by Gasteiger charge is -2.23. The highest BCUT2D eigenvalue weighted by molar-refractivity contribution is 7.14. The Bertz CT molecular complexity index is 389. The van der Waals surface area contributed by atoms with E-state index >= 15 is 0 Å². The Morgan fingerprint density at radius 1 is 1.59 bits per heavy atom. The van der Waals surface area contributed by atoms with Crippen molar-refractivity contribution in [1.29, 1.82) is 0 Å². The van der Waals surface area contributed by atoms with E-state index in [1.807, 2.05) is 18.0 Å². The van der Waals surface area contributed by atoms with Gasteiger partial charge in [-0.15, -0.1) is 11.3 Å². The maximum atomic E-state index is 12.4. The second kappa shape index (κ2) is 5.65. The number of carbonyl (C=O) groups excluding carboxylic acids is 1. The quantitative estimate of drug-likeness (QED) is 0.890. The normalized spacial score (nSPS) is 19.9. The van der Waals surface area contributed by atoms with Crippen LogP contribution in [0.15, 0.2) is 12.1 Å². The van der Waals surface area contributed by atoms with Gasteiger partial charge in [0.15, 0.2) is 0 Å². The molecular weight excluding hydrogens is 232 g/mol. The molecule has 2 heterocycles. The van der Waals surface area contributed by atoms with Crippen LogP contribution in [0.1, 0.15) is 34.3 Å². The summed E-state index contributed by atoms with van der Waals surface area (Å²) in [6, 6.07) is 4.42. The fourth-order valence-electron chi connectivity index (χ4n) is 2.38. The SMILES string of the molecule is CCc1ccc(C(=O)N2CCC[C@@H]2CNC)s1. The first-order valence-corrected chi connectivity index (χ1v) is 7.12. The average molecular weight is 252 g/mol. The molecule has 0 saturated carbocycles. The van der Waals surface area contributed by atoms with E-state index in [4.69, 9.17) is 0 Å². The van der Waals surface area contributed by atoms with E-state index in [-0.39, 0.29) is 5.91 Å². The van der Waals surface area contributed by atoms with Crippen LogP contribution in [-0.4, -0.2) is 37.0 Å². The molecule has 0 unspecified atom stereocenters. The van der Waals surface area contributed by atoms with Gasteiger partial charge in [-0.1, -0.05) is 6.92 Å². The van der Waals surface area contributed by atoms with Crippen LogP contribution in [0.25, 0.3) is 0 Å². The van der Waals surface area contributed by atoms with Crippen molar-refractivity contribution in [2.45, 2.75) is 32.2 Å². The zero-order valence-corrected chi connectivity index (χ0v) is 11.3. The van der Waals surface area contributed by atoms with Gasteiger partial charge in [0.25, 0.3) is 5.91 Å². The van der Waals surface area contributed by atoms with E-state index < -0.39 is 0 Å². The van der Waals surface area contributed by atoms with Crippen molar-refractivity contribution >= 4 is 17.2 Å². The highest BCUT2D eigenvalue weighted by atomic mass is 32.1. The Labute approximate surface area is 107 Å². The Morgan fingerprint density at radius 2 is 2.41 bits per heavy atom. The molecule has 1 aliphatic rings. The zero-order valence-electron chi connectivity index (χ0n) is 10.5. The second-order valence-corrected chi connectivity index (χ2v) is 5.64. The van der Waals surface area contributed by atoms with E-state index in [9.17, 15) is 4.79 Å². The van der Waals surface area contributed by atoms with Gasteiger partial charge in [0.1, 0.15) is 0 Å². The largest absolute Gasteiger partial charge is 0.334 e. The number of hydrogen-bond acceptors (Lipinski definition) is 3. The van der Waals surface area contributed by atoms with Gasteiger partial charge in [-0.3, -0.25) is 4.79 Å².